The second kappa shape index (κ2) is 39.2. The number of unbranched alkanes of at least 4 members (excludes halogenated alkanes) is 4. The van der Waals surface area contributed by atoms with Crippen LogP contribution in [0.2, 0.25) is 0 Å². The van der Waals surface area contributed by atoms with Gasteiger partial charge in [0.2, 0.25) is 0 Å². The minimum absolute atomic E-state index is 0.0120. The van der Waals surface area contributed by atoms with Gasteiger partial charge in [0, 0.05) is 95.0 Å². The molecule has 0 unspecified atom stereocenters. The van der Waals surface area contributed by atoms with Crippen molar-refractivity contribution in [3.05, 3.63) is 247 Å². The number of rotatable bonds is 37. The molecule has 0 aliphatic carbocycles. The van der Waals surface area contributed by atoms with E-state index in [4.69, 9.17) is 41.0 Å². The number of hydrogen-bond acceptors (Lipinski definition) is 21. The molecule has 27 heteroatoms. The Morgan fingerprint density at radius 3 is 0.812 bits per heavy atom. The number of hydrogen-bond donors (Lipinski definition) is 0. The zero-order valence-corrected chi connectivity index (χ0v) is 65.6. The standard InChI is InChI=1S/2C29H31NO7S.C27H27NO7S/c1-3-5-17-35-28-23-12-8-9-13-24(23)29(36-18-6-4-2)26-19-22(15-16-25(26)28)38(33,34)37-20-21-11-7-10-14-27(21)30(31)32;1-3-5-17-35-28-24-9-7-8-10-25(24)29(36-18-6-4-2)27-19-23(15-16-26(27)28)38(33,34)37-20-21-11-13-22(14-12-21)30(31)32;1-3-15-33-26-22-7-5-6-8-23(22)27(34-16-4-2)25-17-21(13-14-24(25)26)36(31,32)35-18-19-9-11-20(12-10-19)28(29)30/h2*7-16,19H,3-6,17-18,20H2,1-2H3;5-14,17H,3-4,15-16,18H2,1-2H3. The number of nitro groups is 3. The highest BCUT2D eigenvalue weighted by molar-refractivity contribution is 7.87. The van der Waals surface area contributed by atoms with Gasteiger partial charge >= 0.3 is 0 Å². The highest BCUT2D eigenvalue weighted by atomic mass is 32.2. The molecule has 0 aromatic heterocycles. The van der Waals surface area contributed by atoms with Crippen LogP contribution in [0.15, 0.2) is 215 Å². The molecule has 0 aliphatic rings. The van der Waals surface area contributed by atoms with Crippen LogP contribution in [0.25, 0.3) is 64.6 Å². The molecule has 12 aromatic carbocycles. The fraction of sp³-hybridized carbons (Fsp3) is 0.294. The molecule has 0 saturated heterocycles. The predicted octanol–water partition coefficient (Wildman–Crippen LogP) is 20.7. The van der Waals surface area contributed by atoms with Crippen molar-refractivity contribution in [2.45, 2.75) is 140 Å². The molecule has 24 nitrogen and oxygen atoms in total. The molecule has 12 rings (SSSR count). The molecule has 588 valence electrons. The van der Waals surface area contributed by atoms with Crippen molar-refractivity contribution in [1.29, 1.82) is 0 Å². The Labute approximate surface area is 650 Å². The lowest BCUT2D eigenvalue weighted by Gasteiger charge is -2.18. The van der Waals surface area contributed by atoms with Gasteiger partial charge in [0.1, 0.15) is 34.5 Å². The number of nitro benzene ring substituents is 3. The average Bonchev–Trinajstić information content (AvgIpc) is 0.757. The fourth-order valence-corrected chi connectivity index (χ4v) is 15.0. The normalized spacial score (nSPS) is 11.6. The fourth-order valence-electron chi connectivity index (χ4n) is 12.2. The van der Waals surface area contributed by atoms with Crippen molar-refractivity contribution < 1.29 is 81.0 Å². The molecule has 0 fully saturated rings. The van der Waals surface area contributed by atoms with Gasteiger partial charge in [-0.25, -0.2) is 0 Å². The van der Waals surface area contributed by atoms with E-state index in [0.717, 1.165) is 113 Å². The second-order valence-corrected chi connectivity index (χ2v) is 31.0. The van der Waals surface area contributed by atoms with Crippen LogP contribution in [0.5, 0.6) is 34.5 Å². The van der Waals surface area contributed by atoms with Gasteiger partial charge in [0.05, 0.1) is 94.5 Å². The van der Waals surface area contributed by atoms with Crippen LogP contribution in [0, 0.1) is 30.3 Å². The maximum atomic E-state index is 13.2. The summed E-state index contributed by atoms with van der Waals surface area (Å²) in [5.41, 5.74) is 0.811. The summed E-state index contributed by atoms with van der Waals surface area (Å²) < 4.78 is 132. The second-order valence-electron chi connectivity index (χ2n) is 26.1. The third-order valence-corrected chi connectivity index (χ3v) is 21.8. The molecule has 0 amide bonds. The zero-order valence-electron chi connectivity index (χ0n) is 63.1. The van der Waals surface area contributed by atoms with E-state index in [2.05, 4.69) is 27.7 Å². The minimum atomic E-state index is -4.24. The van der Waals surface area contributed by atoms with Gasteiger partial charge in [0.15, 0.2) is 0 Å². The molecular formula is C85H89N3O21S3. The molecule has 0 bridgehead atoms. The number of fused-ring (bicyclic) bond motifs is 6. The number of benzene rings is 12. The Morgan fingerprint density at radius 2 is 0.536 bits per heavy atom. The van der Waals surface area contributed by atoms with E-state index >= 15 is 0 Å². The van der Waals surface area contributed by atoms with Crippen LogP contribution >= 0.6 is 0 Å². The largest absolute Gasteiger partial charge is 0.492 e. The van der Waals surface area contributed by atoms with E-state index in [9.17, 15) is 55.6 Å². The van der Waals surface area contributed by atoms with Gasteiger partial charge in [-0.3, -0.25) is 42.9 Å². The van der Waals surface area contributed by atoms with Crippen LogP contribution in [0.3, 0.4) is 0 Å². The lowest BCUT2D eigenvalue weighted by atomic mass is 10.0. The van der Waals surface area contributed by atoms with Crippen LogP contribution in [0.4, 0.5) is 17.1 Å². The first-order chi connectivity index (χ1) is 54.1. The Kier molecular flexibility index (Phi) is 29.2. The van der Waals surface area contributed by atoms with Gasteiger partial charge in [-0.15, -0.1) is 0 Å². The van der Waals surface area contributed by atoms with Crippen LogP contribution in [-0.2, 0) is 62.7 Å². The van der Waals surface area contributed by atoms with Crippen molar-refractivity contribution in [1.82, 2.24) is 0 Å². The number of nitrogens with zero attached hydrogens (tertiary/aromatic N) is 3. The first-order valence-electron chi connectivity index (χ1n) is 37.2. The van der Waals surface area contributed by atoms with Gasteiger partial charge in [0.25, 0.3) is 47.4 Å². The van der Waals surface area contributed by atoms with Crippen LogP contribution in [-0.4, -0.2) is 79.7 Å². The maximum absolute atomic E-state index is 13.2. The van der Waals surface area contributed by atoms with Crippen molar-refractivity contribution in [2.75, 3.05) is 39.6 Å². The molecule has 0 atom stereocenters. The molecule has 0 radical (unpaired) electrons. The van der Waals surface area contributed by atoms with Crippen molar-refractivity contribution >= 4 is 112 Å². The molecule has 112 heavy (non-hydrogen) atoms. The summed E-state index contributed by atoms with van der Waals surface area (Å²) >= 11 is 0. The lowest BCUT2D eigenvalue weighted by Crippen LogP contribution is -2.08. The summed E-state index contributed by atoms with van der Waals surface area (Å²) in [6.45, 7) is 14.5. The minimum Gasteiger partial charge on any atom is -0.492 e. The summed E-state index contributed by atoms with van der Waals surface area (Å²) in [6, 6.07) is 54.6. The van der Waals surface area contributed by atoms with Gasteiger partial charge in [-0.05, 0) is 135 Å². The number of non-ortho nitro benzene ring substituents is 2. The first kappa shape index (κ1) is 83.4. The third kappa shape index (κ3) is 20.3. The molecule has 0 heterocycles. The van der Waals surface area contributed by atoms with Crippen molar-refractivity contribution in [2.24, 2.45) is 0 Å². The van der Waals surface area contributed by atoms with E-state index in [1.54, 1.807) is 36.4 Å². The molecule has 0 N–H and O–H groups in total. The van der Waals surface area contributed by atoms with Crippen LogP contribution < -0.4 is 28.4 Å². The number of para-hydroxylation sites is 1. The van der Waals surface area contributed by atoms with Gasteiger partial charge in [-0.1, -0.05) is 152 Å². The van der Waals surface area contributed by atoms with Crippen LogP contribution in [0.1, 0.15) is 122 Å². The summed E-state index contributed by atoms with van der Waals surface area (Å²) in [6.07, 6.45) is 8.99. The van der Waals surface area contributed by atoms with Gasteiger partial charge < -0.3 is 28.4 Å². The molecule has 0 spiro atoms. The average molecular weight is 1580 g/mol. The third-order valence-electron chi connectivity index (χ3n) is 18.0. The SMILES string of the molecule is CCCCOc1c2ccccc2c(OCCCC)c2cc(S(=O)(=O)OCc3ccc([N+](=O)[O-])cc3)ccc12.CCCCOc1c2ccccc2c(OCCCC)c2cc(S(=O)(=O)OCc3ccccc3[N+](=O)[O-])ccc12.CCCOc1c2ccccc2c(OCCC)c2cc(S(=O)(=O)OCc3ccc([N+](=O)[O-])cc3)ccc12. The molecular weight excluding hydrogens is 1500 g/mol. The van der Waals surface area contributed by atoms with Crippen molar-refractivity contribution in [3.63, 3.8) is 0 Å². The van der Waals surface area contributed by atoms with E-state index < -0.39 is 51.7 Å². The Hall–Kier alpha value is -11.1. The topological polar surface area (TPSA) is 315 Å². The lowest BCUT2D eigenvalue weighted by molar-refractivity contribution is -0.385. The summed E-state index contributed by atoms with van der Waals surface area (Å²) in [5.74, 6) is 3.85. The summed E-state index contributed by atoms with van der Waals surface area (Å²) in [7, 11) is -12.5. The first-order valence-corrected chi connectivity index (χ1v) is 41.4. The van der Waals surface area contributed by atoms with Crippen molar-refractivity contribution in [3.8, 4) is 34.5 Å². The predicted molar refractivity (Wildman–Crippen MR) is 433 cm³/mol. The van der Waals surface area contributed by atoms with Gasteiger partial charge in [-0.2, -0.15) is 25.3 Å². The Morgan fingerprint density at radius 1 is 0.277 bits per heavy atom. The molecule has 12 aromatic rings. The van der Waals surface area contributed by atoms with E-state index in [1.807, 2.05) is 86.6 Å². The summed E-state index contributed by atoms with van der Waals surface area (Å²) in [5, 5.41) is 42.4. The molecule has 0 aliphatic heterocycles. The smallest absolute Gasteiger partial charge is 0.297 e. The highest BCUT2D eigenvalue weighted by Crippen LogP contribution is 2.48. The zero-order chi connectivity index (χ0) is 80.0. The van der Waals surface area contributed by atoms with E-state index in [-0.39, 0.29) is 50.5 Å². The Balaban J connectivity index is 0.000000178. The molecule has 0 saturated carbocycles. The maximum Gasteiger partial charge on any atom is 0.297 e. The quantitative estimate of drug-likeness (QED) is 0.0115. The van der Waals surface area contributed by atoms with E-state index in [1.165, 1.54) is 91.0 Å². The monoisotopic (exact) mass is 1580 g/mol. The highest BCUT2D eigenvalue weighted by Gasteiger charge is 2.27. The number of ether oxygens (including phenoxy) is 6. The van der Waals surface area contributed by atoms with E-state index in [0.29, 0.717) is 101 Å². The summed E-state index contributed by atoms with van der Waals surface area (Å²) in [4.78, 5) is 31.3. The Bertz CT molecular complexity index is 5690.